The standard InChI is InChI=1S/C17H17ClN4OS2/c18-16-4-3-12(25-16)11-21-5-7-22(8-6-21)17(23)14-10-13(19-20-14)15-2-1-9-24-15/h1-4,9-10H,5-8,11H2,(H,19,20). The van der Waals surface area contributed by atoms with Gasteiger partial charge >= 0.3 is 0 Å². The fourth-order valence-corrected chi connectivity index (χ4v) is 4.74. The van der Waals surface area contributed by atoms with E-state index in [4.69, 9.17) is 11.6 Å². The SMILES string of the molecule is O=C(c1cc(-c2cccs2)[nH]n1)N1CCN(Cc2ccc(Cl)s2)CC1. The molecule has 3 aromatic heterocycles. The Morgan fingerprint density at radius 3 is 2.76 bits per heavy atom. The maximum absolute atomic E-state index is 12.7. The van der Waals surface area contributed by atoms with Gasteiger partial charge in [-0.3, -0.25) is 14.8 Å². The third-order valence-corrected chi connectivity index (χ3v) is 6.37. The average Bonchev–Trinajstić information content (AvgIpc) is 3.36. The molecule has 1 fully saturated rings. The molecule has 0 spiro atoms. The predicted octanol–water partition coefficient (Wildman–Crippen LogP) is 3.81. The fraction of sp³-hybridized carbons (Fsp3) is 0.294. The van der Waals surface area contributed by atoms with Crippen molar-refractivity contribution >= 4 is 40.2 Å². The van der Waals surface area contributed by atoms with E-state index in [-0.39, 0.29) is 5.91 Å². The Morgan fingerprint density at radius 1 is 1.24 bits per heavy atom. The van der Waals surface area contributed by atoms with E-state index >= 15 is 0 Å². The van der Waals surface area contributed by atoms with Crippen LogP contribution in [0.25, 0.3) is 10.6 Å². The number of H-pyrrole nitrogens is 1. The Labute approximate surface area is 158 Å². The number of nitrogens with one attached hydrogen (secondary N) is 1. The smallest absolute Gasteiger partial charge is 0.274 e. The molecule has 0 aromatic carbocycles. The molecule has 4 rings (SSSR count). The van der Waals surface area contributed by atoms with Crippen LogP contribution in [-0.4, -0.2) is 52.1 Å². The minimum absolute atomic E-state index is 0.00197. The normalized spacial score (nSPS) is 15.6. The van der Waals surface area contributed by atoms with E-state index in [1.54, 1.807) is 22.7 Å². The van der Waals surface area contributed by atoms with E-state index in [1.807, 2.05) is 34.5 Å². The summed E-state index contributed by atoms with van der Waals surface area (Å²) in [5.74, 6) is -0.00197. The van der Waals surface area contributed by atoms with Crippen molar-refractivity contribution in [2.75, 3.05) is 26.2 Å². The van der Waals surface area contributed by atoms with Crippen molar-refractivity contribution in [3.63, 3.8) is 0 Å². The van der Waals surface area contributed by atoms with Crippen molar-refractivity contribution in [2.24, 2.45) is 0 Å². The molecule has 1 amide bonds. The molecule has 8 heteroatoms. The highest BCUT2D eigenvalue weighted by atomic mass is 35.5. The van der Waals surface area contributed by atoms with Crippen LogP contribution < -0.4 is 0 Å². The molecule has 0 radical (unpaired) electrons. The minimum atomic E-state index is -0.00197. The first-order valence-corrected chi connectivity index (χ1v) is 10.1. The predicted molar refractivity (Wildman–Crippen MR) is 102 cm³/mol. The molecule has 0 unspecified atom stereocenters. The summed E-state index contributed by atoms with van der Waals surface area (Å²) in [6.07, 6.45) is 0. The molecule has 3 aromatic rings. The van der Waals surface area contributed by atoms with Gasteiger partial charge in [0.2, 0.25) is 0 Å². The lowest BCUT2D eigenvalue weighted by Gasteiger charge is -2.34. The average molecular weight is 393 g/mol. The summed E-state index contributed by atoms with van der Waals surface area (Å²) in [6.45, 7) is 4.07. The highest BCUT2D eigenvalue weighted by Crippen LogP contribution is 2.24. The van der Waals surface area contributed by atoms with E-state index in [9.17, 15) is 4.79 Å². The number of hydrogen-bond donors (Lipinski definition) is 1. The topological polar surface area (TPSA) is 52.2 Å². The van der Waals surface area contributed by atoms with Crippen LogP contribution in [0.4, 0.5) is 0 Å². The Balaban J connectivity index is 1.35. The number of rotatable bonds is 4. The molecule has 1 aliphatic rings. The van der Waals surface area contributed by atoms with Crippen molar-refractivity contribution < 1.29 is 4.79 Å². The van der Waals surface area contributed by atoms with Crippen LogP contribution in [0.3, 0.4) is 0 Å². The number of aromatic nitrogens is 2. The number of piperazine rings is 1. The van der Waals surface area contributed by atoms with Gasteiger partial charge in [-0.1, -0.05) is 17.7 Å². The van der Waals surface area contributed by atoms with Gasteiger partial charge in [0.25, 0.3) is 5.91 Å². The monoisotopic (exact) mass is 392 g/mol. The first-order chi connectivity index (χ1) is 12.2. The second-order valence-corrected chi connectivity index (χ2v) is 8.67. The molecule has 0 atom stereocenters. The molecule has 0 bridgehead atoms. The maximum Gasteiger partial charge on any atom is 0.274 e. The fourth-order valence-electron chi connectivity index (χ4n) is 2.92. The lowest BCUT2D eigenvalue weighted by atomic mass is 10.2. The molecule has 130 valence electrons. The van der Waals surface area contributed by atoms with Crippen molar-refractivity contribution in [3.05, 3.63) is 50.6 Å². The summed E-state index contributed by atoms with van der Waals surface area (Å²) in [6, 6.07) is 9.85. The van der Waals surface area contributed by atoms with Crippen molar-refractivity contribution in [1.82, 2.24) is 20.0 Å². The molecular formula is C17H17ClN4OS2. The second-order valence-electron chi connectivity index (χ2n) is 5.92. The zero-order valence-electron chi connectivity index (χ0n) is 13.4. The van der Waals surface area contributed by atoms with E-state index in [0.29, 0.717) is 5.69 Å². The van der Waals surface area contributed by atoms with Gasteiger partial charge in [-0.05, 0) is 29.6 Å². The first kappa shape index (κ1) is 16.8. The van der Waals surface area contributed by atoms with Gasteiger partial charge in [-0.2, -0.15) is 5.10 Å². The number of hydrogen-bond acceptors (Lipinski definition) is 5. The summed E-state index contributed by atoms with van der Waals surface area (Å²) >= 11 is 9.23. The Morgan fingerprint density at radius 2 is 2.08 bits per heavy atom. The summed E-state index contributed by atoms with van der Waals surface area (Å²) in [5, 5.41) is 9.18. The Bertz CT molecular complexity index is 850. The van der Waals surface area contributed by atoms with Gasteiger partial charge in [0.1, 0.15) is 0 Å². The van der Waals surface area contributed by atoms with Gasteiger partial charge in [-0.25, -0.2) is 0 Å². The van der Waals surface area contributed by atoms with Crippen LogP contribution in [0, 0.1) is 0 Å². The van der Waals surface area contributed by atoms with E-state index in [1.165, 1.54) is 4.88 Å². The van der Waals surface area contributed by atoms with Crippen molar-refractivity contribution in [2.45, 2.75) is 6.54 Å². The molecule has 0 saturated carbocycles. The van der Waals surface area contributed by atoms with Crippen LogP contribution >= 0.6 is 34.3 Å². The highest BCUT2D eigenvalue weighted by Gasteiger charge is 2.24. The van der Waals surface area contributed by atoms with Crippen LogP contribution in [0.5, 0.6) is 0 Å². The van der Waals surface area contributed by atoms with Crippen LogP contribution in [-0.2, 0) is 6.54 Å². The van der Waals surface area contributed by atoms with Crippen LogP contribution in [0.15, 0.2) is 35.7 Å². The van der Waals surface area contributed by atoms with E-state index < -0.39 is 0 Å². The molecular weight excluding hydrogens is 376 g/mol. The number of amides is 1. The van der Waals surface area contributed by atoms with E-state index in [0.717, 1.165) is 47.6 Å². The molecule has 1 saturated heterocycles. The number of carbonyl (C=O) groups is 1. The van der Waals surface area contributed by atoms with Crippen molar-refractivity contribution in [3.8, 4) is 10.6 Å². The summed E-state index contributed by atoms with van der Waals surface area (Å²) in [4.78, 5) is 19.3. The lowest BCUT2D eigenvalue weighted by molar-refractivity contribution is 0.0624. The quantitative estimate of drug-likeness (QED) is 0.734. The van der Waals surface area contributed by atoms with Crippen LogP contribution in [0.2, 0.25) is 4.34 Å². The van der Waals surface area contributed by atoms with Gasteiger partial charge in [-0.15, -0.1) is 22.7 Å². The third-order valence-electron chi connectivity index (χ3n) is 4.25. The zero-order valence-corrected chi connectivity index (χ0v) is 15.8. The van der Waals surface area contributed by atoms with Gasteiger partial charge in [0, 0.05) is 37.6 Å². The number of halogens is 1. The molecule has 5 nitrogen and oxygen atoms in total. The summed E-state index contributed by atoms with van der Waals surface area (Å²) < 4.78 is 0.823. The highest BCUT2D eigenvalue weighted by molar-refractivity contribution is 7.16. The molecule has 1 N–H and O–H groups in total. The Hall–Kier alpha value is -1.67. The third kappa shape index (κ3) is 3.79. The second kappa shape index (κ2) is 7.29. The summed E-state index contributed by atoms with van der Waals surface area (Å²) in [5.41, 5.74) is 1.38. The van der Waals surface area contributed by atoms with E-state index in [2.05, 4.69) is 21.2 Å². The van der Waals surface area contributed by atoms with Crippen molar-refractivity contribution in [1.29, 1.82) is 0 Å². The zero-order chi connectivity index (χ0) is 17.2. The number of carbonyl (C=O) groups excluding carboxylic acids is 1. The minimum Gasteiger partial charge on any atom is -0.335 e. The lowest BCUT2D eigenvalue weighted by Crippen LogP contribution is -2.48. The first-order valence-electron chi connectivity index (χ1n) is 8.04. The number of nitrogens with zero attached hydrogens (tertiary/aromatic N) is 3. The largest absolute Gasteiger partial charge is 0.335 e. The van der Waals surface area contributed by atoms with Gasteiger partial charge in [0.05, 0.1) is 14.9 Å². The van der Waals surface area contributed by atoms with Gasteiger partial charge < -0.3 is 4.90 Å². The molecule has 1 aliphatic heterocycles. The maximum atomic E-state index is 12.7. The molecule has 4 heterocycles. The number of thiophene rings is 2. The van der Waals surface area contributed by atoms with Gasteiger partial charge in [0.15, 0.2) is 5.69 Å². The number of aromatic amines is 1. The Kier molecular flexibility index (Phi) is 4.89. The summed E-state index contributed by atoms with van der Waals surface area (Å²) in [7, 11) is 0. The van der Waals surface area contributed by atoms with Crippen LogP contribution in [0.1, 0.15) is 15.4 Å². The molecule has 25 heavy (non-hydrogen) atoms. The molecule has 0 aliphatic carbocycles.